The molecule has 116 valence electrons. The van der Waals surface area contributed by atoms with E-state index < -0.39 is 0 Å². The Hall–Kier alpha value is -1.14. The first kappa shape index (κ1) is 16.9. The third kappa shape index (κ3) is 6.86. The van der Waals surface area contributed by atoms with Gasteiger partial charge in [0.25, 0.3) is 0 Å². The van der Waals surface area contributed by atoms with Crippen molar-refractivity contribution in [2.24, 2.45) is 5.73 Å². The number of piperidine rings is 1. The Bertz CT molecular complexity index is 312. The van der Waals surface area contributed by atoms with Crippen molar-refractivity contribution in [2.75, 3.05) is 26.2 Å². The maximum Gasteiger partial charge on any atom is 0.234 e. The topological polar surface area (TPSA) is 87.5 Å². The molecule has 1 heterocycles. The molecule has 0 aromatic rings. The van der Waals surface area contributed by atoms with Crippen LogP contribution >= 0.6 is 0 Å². The van der Waals surface area contributed by atoms with Gasteiger partial charge >= 0.3 is 0 Å². The first-order valence-corrected chi connectivity index (χ1v) is 7.55. The van der Waals surface area contributed by atoms with E-state index in [2.05, 4.69) is 15.5 Å². The number of nitrogens with zero attached hydrogens (tertiary/aromatic N) is 1. The number of rotatable bonds is 7. The molecule has 1 aliphatic rings. The number of hydrogen-bond acceptors (Lipinski definition) is 4. The predicted octanol–water partition coefficient (Wildman–Crippen LogP) is -0.169. The highest BCUT2D eigenvalue weighted by Gasteiger charge is 2.22. The minimum absolute atomic E-state index is 0.0270. The highest BCUT2D eigenvalue weighted by Crippen LogP contribution is 2.10. The SMILES string of the molecule is CCCNC(=O)CN1CCC(NC(=O)CC(C)N)CC1. The third-order valence-corrected chi connectivity index (χ3v) is 3.40. The average molecular weight is 284 g/mol. The van der Waals surface area contributed by atoms with Gasteiger partial charge in [-0.25, -0.2) is 0 Å². The number of carbonyl (C=O) groups is 2. The number of likely N-dealkylation sites (tertiary alicyclic amines) is 1. The Labute approximate surface area is 121 Å². The van der Waals surface area contributed by atoms with E-state index in [4.69, 9.17) is 5.73 Å². The quantitative estimate of drug-likeness (QED) is 0.606. The summed E-state index contributed by atoms with van der Waals surface area (Å²) in [5.74, 6) is 0.116. The van der Waals surface area contributed by atoms with Crippen LogP contribution in [0.4, 0.5) is 0 Å². The monoisotopic (exact) mass is 284 g/mol. The van der Waals surface area contributed by atoms with Gasteiger partial charge in [-0.1, -0.05) is 6.92 Å². The molecule has 1 aliphatic heterocycles. The van der Waals surface area contributed by atoms with Crippen LogP contribution in [0, 0.1) is 0 Å². The zero-order chi connectivity index (χ0) is 15.0. The molecule has 2 amide bonds. The van der Waals surface area contributed by atoms with Crippen molar-refractivity contribution in [3.8, 4) is 0 Å². The van der Waals surface area contributed by atoms with E-state index in [1.807, 2.05) is 13.8 Å². The number of nitrogens with two attached hydrogens (primary N) is 1. The van der Waals surface area contributed by atoms with Gasteiger partial charge in [-0.3, -0.25) is 14.5 Å². The normalized spacial score (nSPS) is 18.6. The van der Waals surface area contributed by atoms with E-state index in [9.17, 15) is 9.59 Å². The molecule has 0 aromatic carbocycles. The third-order valence-electron chi connectivity index (χ3n) is 3.40. The van der Waals surface area contributed by atoms with Gasteiger partial charge in [0.15, 0.2) is 0 Å². The highest BCUT2D eigenvalue weighted by atomic mass is 16.2. The molecule has 0 aromatic heterocycles. The van der Waals surface area contributed by atoms with Gasteiger partial charge in [0.05, 0.1) is 6.54 Å². The van der Waals surface area contributed by atoms with E-state index in [1.165, 1.54) is 0 Å². The number of nitrogens with one attached hydrogen (secondary N) is 2. The van der Waals surface area contributed by atoms with E-state index in [0.717, 1.165) is 38.9 Å². The first-order valence-electron chi connectivity index (χ1n) is 7.55. The lowest BCUT2D eigenvalue weighted by Gasteiger charge is -2.32. The van der Waals surface area contributed by atoms with Gasteiger partial charge < -0.3 is 16.4 Å². The van der Waals surface area contributed by atoms with Gasteiger partial charge in [-0.15, -0.1) is 0 Å². The maximum atomic E-state index is 11.6. The molecule has 0 radical (unpaired) electrons. The molecule has 1 atom stereocenters. The molecule has 4 N–H and O–H groups in total. The molecule has 1 fully saturated rings. The summed E-state index contributed by atoms with van der Waals surface area (Å²) in [5, 5.41) is 5.89. The fourth-order valence-corrected chi connectivity index (χ4v) is 2.34. The minimum atomic E-state index is -0.0997. The van der Waals surface area contributed by atoms with Crippen LogP contribution in [0.5, 0.6) is 0 Å². The molecule has 1 saturated heterocycles. The van der Waals surface area contributed by atoms with Crippen LogP contribution in [0.1, 0.15) is 39.5 Å². The Balaban J connectivity index is 2.19. The van der Waals surface area contributed by atoms with Gasteiger partial charge in [0.1, 0.15) is 0 Å². The molecule has 0 spiro atoms. The smallest absolute Gasteiger partial charge is 0.234 e. The lowest BCUT2D eigenvalue weighted by Crippen LogP contribution is -2.48. The van der Waals surface area contributed by atoms with Crippen molar-refractivity contribution in [3.05, 3.63) is 0 Å². The van der Waals surface area contributed by atoms with E-state index in [-0.39, 0.29) is 23.9 Å². The Morgan fingerprint density at radius 3 is 2.50 bits per heavy atom. The Morgan fingerprint density at radius 1 is 1.30 bits per heavy atom. The minimum Gasteiger partial charge on any atom is -0.355 e. The zero-order valence-corrected chi connectivity index (χ0v) is 12.7. The van der Waals surface area contributed by atoms with Gasteiger partial charge in [0, 0.05) is 38.1 Å². The number of amides is 2. The van der Waals surface area contributed by atoms with Crippen molar-refractivity contribution >= 4 is 11.8 Å². The number of hydrogen-bond donors (Lipinski definition) is 3. The summed E-state index contributed by atoms with van der Waals surface area (Å²) in [4.78, 5) is 25.4. The molecule has 6 nitrogen and oxygen atoms in total. The van der Waals surface area contributed by atoms with Crippen LogP contribution in [-0.2, 0) is 9.59 Å². The van der Waals surface area contributed by atoms with Crippen molar-refractivity contribution in [3.63, 3.8) is 0 Å². The van der Waals surface area contributed by atoms with Crippen molar-refractivity contribution in [1.82, 2.24) is 15.5 Å². The van der Waals surface area contributed by atoms with E-state index >= 15 is 0 Å². The molecule has 0 aliphatic carbocycles. The Morgan fingerprint density at radius 2 is 1.95 bits per heavy atom. The van der Waals surface area contributed by atoms with Crippen LogP contribution < -0.4 is 16.4 Å². The summed E-state index contributed by atoms with van der Waals surface area (Å²) in [6, 6.07) is 0.119. The molecule has 6 heteroatoms. The van der Waals surface area contributed by atoms with Crippen molar-refractivity contribution in [2.45, 2.75) is 51.6 Å². The second-order valence-electron chi connectivity index (χ2n) is 5.65. The van der Waals surface area contributed by atoms with Crippen LogP contribution in [0.25, 0.3) is 0 Å². The summed E-state index contributed by atoms with van der Waals surface area (Å²) < 4.78 is 0. The van der Waals surface area contributed by atoms with Gasteiger partial charge in [-0.2, -0.15) is 0 Å². The fraction of sp³-hybridized carbons (Fsp3) is 0.857. The lowest BCUT2D eigenvalue weighted by atomic mass is 10.0. The molecule has 1 unspecified atom stereocenters. The maximum absolute atomic E-state index is 11.6. The predicted molar refractivity (Wildman–Crippen MR) is 79.2 cm³/mol. The van der Waals surface area contributed by atoms with Crippen LogP contribution in [0.2, 0.25) is 0 Å². The summed E-state index contributed by atoms with van der Waals surface area (Å²) in [7, 11) is 0. The standard InChI is InChI=1S/C14H28N4O2/c1-3-6-16-14(20)10-18-7-4-12(5-8-18)17-13(19)9-11(2)15/h11-12H,3-10,15H2,1-2H3,(H,16,20)(H,17,19). The van der Waals surface area contributed by atoms with Gasteiger partial charge in [-0.05, 0) is 26.2 Å². The van der Waals surface area contributed by atoms with Crippen molar-refractivity contribution in [1.29, 1.82) is 0 Å². The zero-order valence-electron chi connectivity index (χ0n) is 12.7. The summed E-state index contributed by atoms with van der Waals surface area (Å²) in [6.07, 6.45) is 3.12. The molecule has 20 heavy (non-hydrogen) atoms. The molecule has 1 rings (SSSR count). The molecular formula is C14H28N4O2. The lowest BCUT2D eigenvalue weighted by molar-refractivity contribution is -0.124. The fourth-order valence-electron chi connectivity index (χ4n) is 2.34. The Kier molecular flexibility index (Phi) is 7.54. The van der Waals surface area contributed by atoms with Crippen molar-refractivity contribution < 1.29 is 9.59 Å². The van der Waals surface area contributed by atoms with Crippen LogP contribution in [0.3, 0.4) is 0 Å². The molecule has 0 bridgehead atoms. The van der Waals surface area contributed by atoms with E-state index in [0.29, 0.717) is 13.0 Å². The summed E-state index contributed by atoms with van der Waals surface area (Å²) >= 11 is 0. The number of carbonyl (C=O) groups excluding carboxylic acids is 2. The second-order valence-corrected chi connectivity index (χ2v) is 5.65. The van der Waals surface area contributed by atoms with Gasteiger partial charge in [0.2, 0.25) is 11.8 Å². The largest absolute Gasteiger partial charge is 0.355 e. The first-order chi connectivity index (χ1) is 9.51. The molecular weight excluding hydrogens is 256 g/mol. The van der Waals surface area contributed by atoms with E-state index in [1.54, 1.807) is 0 Å². The molecule has 0 saturated carbocycles. The second kappa shape index (κ2) is 8.92. The summed E-state index contributed by atoms with van der Waals surface area (Å²) in [5.41, 5.74) is 5.60. The average Bonchev–Trinajstić information content (AvgIpc) is 2.37. The van der Waals surface area contributed by atoms with Crippen LogP contribution in [0.15, 0.2) is 0 Å². The van der Waals surface area contributed by atoms with Crippen LogP contribution in [-0.4, -0.2) is 55.0 Å². The highest BCUT2D eigenvalue weighted by molar-refractivity contribution is 5.78. The summed E-state index contributed by atoms with van der Waals surface area (Å²) in [6.45, 7) is 6.77.